The molecule has 1 heterocycles. The lowest BCUT2D eigenvalue weighted by molar-refractivity contribution is -0.127. The van der Waals surface area contributed by atoms with Gasteiger partial charge in [0.1, 0.15) is 0 Å². The van der Waals surface area contributed by atoms with Crippen molar-refractivity contribution in [3.05, 3.63) is 28.2 Å². The van der Waals surface area contributed by atoms with Crippen molar-refractivity contribution in [1.82, 2.24) is 10.2 Å². The molecule has 1 fully saturated rings. The normalized spacial score (nSPS) is 17.1. The van der Waals surface area contributed by atoms with Gasteiger partial charge < -0.3 is 10.6 Å². The molecule has 2 rings (SSSR count). The van der Waals surface area contributed by atoms with E-state index in [0.717, 1.165) is 32.4 Å². The monoisotopic (exact) mass is 385 g/mol. The molecule has 0 spiro atoms. The number of likely N-dealkylation sites (tertiary alicyclic amines) is 1. The number of nitrogens with zero attached hydrogens (tertiary/aromatic N) is 1. The van der Waals surface area contributed by atoms with Crippen LogP contribution in [-0.4, -0.2) is 42.4 Å². The van der Waals surface area contributed by atoms with Gasteiger partial charge in [0.2, 0.25) is 11.8 Å². The van der Waals surface area contributed by atoms with E-state index < -0.39 is 0 Å². The summed E-state index contributed by atoms with van der Waals surface area (Å²) >= 11 is 11.8. The number of amides is 2. The van der Waals surface area contributed by atoms with Crippen LogP contribution in [0.25, 0.3) is 0 Å². The number of carbonyl (C=O) groups excluding carboxylic acids is 2. The van der Waals surface area contributed by atoms with Gasteiger partial charge in [-0.2, -0.15) is 0 Å². The minimum Gasteiger partial charge on any atom is -0.353 e. The summed E-state index contributed by atoms with van der Waals surface area (Å²) in [7, 11) is 0. The predicted octanol–water partition coefficient (Wildman–Crippen LogP) is 3.56. The highest BCUT2D eigenvalue weighted by molar-refractivity contribution is 6.42. The topological polar surface area (TPSA) is 61.4 Å². The molecule has 138 valence electrons. The Bertz CT molecular complexity index is 616. The Hall–Kier alpha value is -1.30. The number of nitrogens with one attached hydrogen (secondary N) is 2. The number of anilines is 1. The molecule has 1 aromatic rings. The fourth-order valence-corrected chi connectivity index (χ4v) is 3.09. The zero-order valence-corrected chi connectivity index (χ0v) is 16.2. The van der Waals surface area contributed by atoms with Gasteiger partial charge >= 0.3 is 0 Å². The maximum Gasteiger partial charge on any atom is 0.238 e. The van der Waals surface area contributed by atoms with Crippen LogP contribution in [0.2, 0.25) is 10.0 Å². The van der Waals surface area contributed by atoms with Crippen molar-refractivity contribution < 1.29 is 9.59 Å². The lowest BCUT2D eigenvalue weighted by Crippen LogP contribution is -2.44. The molecular weight excluding hydrogens is 361 g/mol. The van der Waals surface area contributed by atoms with E-state index >= 15 is 0 Å². The smallest absolute Gasteiger partial charge is 0.238 e. The van der Waals surface area contributed by atoms with Gasteiger partial charge in [0, 0.05) is 17.6 Å². The molecule has 0 bridgehead atoms. The van der Waals surface area contributed by atoms with Crippen molar-refractivity contribution in [1.29, 1.82) is 0 Å². The van der Waals surface area contributed by atoms with Crippen LogP contribution in [0.5, 0.6) is 0 Å². The fourth-order valence-electron chi connectivity index (χ4n) is 2.79. The second kappa shape index (κ2) is 9.41. The van der Waals surface area contributed by atoms with E-state index in [4.69, 9.17) is 23.2 Å². The second-order valence-electron chi connectivity index (χ2n) is 6.55. The third-order valence-corrected chi connectivity index (χ3v) is 5.27. The first-order valence-corrected chi connectivity index (χ1v) is 9.42. The van der Waals surface area contributed by atoms with Crippen molar-refractivity contribution >= 4 is 40.7 Å². The lowest BCUT2D eigenvalue weighted by Gasteiger charge is -2.31. The van der Waals surface area contributed by atoms with Crippen LogP contribution in [0, 0.1) is 5.92 Å². The number of carbonyl (C=O) groups is 2. The van der Waals surface area contributed by atoms with Crippen LogP contribution < -0.4 is 10.6 Å². The maximum absolute atomic E-state index is 12.2. The molecule has 1 unspecified atom stereocenters. The minimum atomic E-state index is -0.0964. The summed E-state index contributed by atoms with van der Waals surface area (Å²) in [5.41, 5.74) is 0.627. The van der Waals surface area contributed by atoms with Crippen LogP contribution in [0.3, 0.4) is 0 Å². The molecule has 0 aliphatic carbocycles. The standard InChI is InChI=1S/C18H25Cl2N3O2/c1-3-12(2)21-18(25)13-6-8-23(9-7-13)11-17(24)22-14-4-5-15(19)16(20)10-14/h4-5,10,12-13H,3,6-9,11H2,1-2H3,(H,21,25)(H,22,24). The molecule has 7 heteroatoms. The van der Waals surface area contributed by atoms with Gasteiger partial charge in [-0.3, -0.25) is 14.5 Å². The molecule has 0 aromatic heterocycles. The Kier molecular flexibility index (Phi) is 7.54. The van der Waals surface area contributed by atoms with Gasteiger partial charge in [-0.25, -0.2) is 0 Å². The Morgan fingerprint density at radius 2 is 1.92 bits per heavy atom. The van der Waals surface area contributed by atoms with Crippen molar-refractivity contribution in [2.45, 2.75) is 39.2 Å². The van der Waals surface area contributed by atoms with E-state index in [1.807, 2.05) is 6.92 Å². The molecule has 1 saturated heterocycles. The molecule has 0 radical (unpaired) electrons. The molecule has 2 amide bonds. The van der Waals surface area contributed by atoms with E-state index in [1.54, 1.807) is 18.2 Å². The maximum atomic E-state index is 12.2. The van der Waals surface area contributed by atoms with Crippen molar-refractivity contribution in [3.8, 4) is 0 Å². The van der Waals surface area contributed by atoms with E-state index in [9.17, 15) is 9.59 Å². The molecule has 5 nitrogen and oxygen atoms in total. The Morgan fingerprint density at radius 1 is 1.24 bits per heavy atom. The number of rotatable bonds is 6. The Balaban J connectivity index is 1.76. The molecule has 1 aliphatic heterocycles. The lowest BCUT2D eigenvalue weighted by atomic mass is 9.95. The number of piperidine rings is 1. The van der Waals surface area contributed by atoms with Crippen LogP contribution in [0.1, 0.15) is 33.1 Å². The zero-order chi connectivity index (χ0) is 18.4. The van der Waals surface area contributed by atoms with Crippen LogP contribution in [0.4, 0.5) is 5.69 Å². The van der Waals surface area contributed by atoms with E-state index in [1.165, 1.54) is 0 Å². The molecule has 1 aromatic carbocycles. The van der Waals surface area contributed by atoms with Crippen LogP contribution in [0.15, 0.2) is 18.2 Å². The molecule has 0 saturated carbocycles. The largest absolute Gasteiger partial charge is 0.353 e. The van der Waals surface area contributed by atoms with E-state index in [0.29, 0.717) is 22.3 Å². The third kappa shape index (κ3) is 6.17. The van der Waals surface area contributed by atoms with Gasteiger partial charge in [-0.1, -0.05) is 30.1 Å². The third-order valence-electron chi connectivity index (χ3n) is 4.53. The summed E-state index contributed by atoms with van der Waals surface area (Å²) in [4.78, 5) is 26.4. The van der Waals surface area contributed by atoms with Gasteiger partial charge in [0.15, 0.2) is 0 Å². The Morgan fingerprint density at radius 3 is 2.52 bits per heavy atom. The number of hydrogen-bond donors (Lipinski definition) is 2. The van der Waals surface area contributed by atoms with Crippen LogP contribution in [-0.2, 0) is 9.59 Å². The summed E-state index contributed by atoms with van der Waals surface area (Å²) in [6.45, 7) is 5.86. The highest BCUT2D eigenvalue weighted by Gasteiger charge is 2.26. The van der Waals surface area contributed by atoms with E-state index in [2.05, 4.69) is 22.5 Å². The average molecular weight is 386 g/mol. The van der Waals surface area contributed by atoms with Crippen molar-refractivity contribution in [2.24, 2.45) is 5.92 Å². The fraction of sp³-hybridized carbons (Fsp3) is 0.556. The Labute approximate surface area is 159 Å². The van der Waals surface area contributed by atoms with Gasteiger partial charge in [0.05, 0.1) is 16.6 Å². The molecule has 2 N–H and O–H groups in total. The quantitative estimate of drug-likeness (QED) is 0.786. The second-order valence-corrected chi connectivity index (χ2v) is 7.36. The number of hydrogen-bond acceptors (Lipinski definition) is 3. The van der Waals surface area contributed by atoms with Gasteiger partial charge in [-0.05, 0) is 57.5 Å². The molecule has 1 aliphatic rings. The zero-order valence-electron chi connectivity index (χ0n) is 14.6. The summed E-state index contributed by atoms with van der Waals surface area (Å²) < 4.78 is 0. The average Bonchev–Trinajstić information content (AvgIpc) is 2.58. The number of benzene rings is 1. The molecule has 25 heavy (non-hydrogen) atoms. The summed E-state index contributed by atoms with van der Waals surface area (Å²) in [5.74, 6) is 0.0820. The first-order chi connectivity index (χ1) is 11.9. The summed E-state index contributed by atoms with van der Waals surface area (Å²) in [6, 6.07) is 5.22. The first-order valence-electron chi connectivity index (χ1n) is 8.66. The van der Waals surface area contributed by atoms with Crippen molar-refractivity contribution in [2.75, 3.05) is 25.0 Å². The van der Waals surface area contributed by atoms with Gasteiger partial charge in [-0.15, -0.1) is 0 Å². The SMILES string of the molecule is CCC(C)NC(=O)C1CCN(CC(=O)Nc2ccc(Cl)c(Cl)c2)CC1. The molecule has 1 atom stereocenters. The van der Waals surface area contributed by atoms with Crippen LogP contribution >= 0.6 is 23.2 Å². The van der Waals surface area contributed by atoms with E-state index in [-0.39, 0.29) is 23.8 Å². The predicted molar refractivity (Wildman–Crippen MR) is 102 cm³/mol. The minimum absolute atomic E-state index is 0.0448. The van der Waals surface area contributed by atoms with Gasteiger partial charge in [0.25, 0.3) is 0 Å². The highest BCUT2D eigenvalue weighted by atomic mass is 35.5. The highest BCUT2D eigenvalue weighted by Crippen LogP contribution is 2.25. The number of halogens is 2. The first kappa shape index (κ1) is 20.0. The summed E-state index contributed by atoms with van der Waals surface area (Å²) in [5, 5.41) is 6.73. The summed E-state index contributed by atoms with van der Waals surface area (Å²) in [6.07, 6.45) is 2.49. The van der Waals surface area contributed by atoms with Crippen molar-refractivity contribution in [3.63, 3.8) is 0 Å². The molecular formula is C18H25Cl2N3O2.